The summed E-state index contributed by atoms with van der Waals surface area (Å²) in [6, 6.07) is 0. The average molecular weight is 374 g/mol. The van der Waals surface area contributed by atoms with Crippen LogP contribution in [0.2, 0.25) is 0 Å². The van der Waals surface area contributed by atoms with Gasteiger partial charge in [0.2, 0.25) is 5.91 Å². The molecule has 9 heteroatoms. The van der Waals surface area contributed by atoms with Crippen LogP contribution in [-0.2, 0) is 17.8 Å². The van der Waals surface area contributed by atoms with E-state index in [2.05, 4.69) is 25.2 Å². The molecule has 8 nitrogen and oxygen atoms in total. The van der Waals surface area contributed by atoms with Gasteiger partial charge in [-0.15, -0.1) is 11.3 Å². The molecular formula is C17H22N6O2S. The molecule has 0 bridgehead atoms. The van der Waals surface area contributed by atoms with Crippen LogP contribution in [0.5, 0.6) is 0 Å². The van der Waals surface area contributed by atoms with E-state index in [9.17, 15) is 9.59 Å². The van der Waals surface area contributed by atoms with Crippen molar-refractivity contribution in [1.82, 2.24) is 24.8 Å². The summed E-state index contributed by atoms with van der Waals surface area (Å²) in [6.45, 7) is 7.33. The highest BCUT2D eigenvalue weighted by Crippen LogP contribution is 2.28. The van der Waals surface area contributed by atoms with Crippen LogP contribution in [0, 0.1) is 0 Å². The maximum absolute atomic E-state index is 12.3. The molecule has 2 aromatic heterocycles. The van der Waals surface area contributed by atoms with Gasteiger partial charge in [-0.1, -0.05) is 0 Å². The molecule has 0 aliphatic carbocycles. The van der Waals surface area contributed by atoms with Crippen molar-refractivity contribution in [3.8, 4) is 0 Å². The number of nitrogens with one attached hydrogen (secondary N) is 1. The molecule has 0 fully saturated rings. The first-order chi connectivity index (χ1) is 12.6. The van der Waals surface area contributed by atoms with Crippen LogP contribution in [-0.4, -0.2) is 62.7 Å². The zero-order valence-corrected chi connectivity index (χ0v) is 15.8. The van der Waals surface area contributed by atoms with Crippen molar-refractivity contribution < 1.29 is 9.59 Å². The van der Waals surface area contributed by atoms with Crippen molar-refractivity contribution >= 4 is 28.3 Å². The lowest BCUT2D eigenvalue weighted by Crippen LogP contribution is -2.41. The highest BCUT2D eigenvalue weighted by molar-refractivity contribution is 7.15. The molecule has 1 aliphatic heterocycles. The Balaban J connectivity index is 1.62. The van der Waals surface area contributed by atoms with Crippen molar-refractivity contribution in [2.75, 3.05) is 31.5 Å². The lowest BCUT2D eigenvalue weighted by Gasteiger charge is -2.28. The van der Waals surface area contributed by atoms with Crippen LogP contribution in [0.4, 0.5) is 5.13 Å². The largest absolute Gasteiger partial charge is 0.342 e. The summed E-state index contributed by atoms with van der Waals surface area (Å²) < 4.78 is 0. The normalized spacial score (nSPS) is 13.9. The summed E-state index contributed by atoms with van der Waals surface area (Å²) in [5, 5.41) is 3.34. The Hall–Kier alpha value is -2.39. The minimum absolute atomic E-state index is 0.152. The van der Waals surface area contributed by atoms with Crippen LogP contribution in [0.1, 0.15) is 34.9 Å². The quantitative estimate of drug-likeness (QED) is 0.822. The van der Waals surface area contributed by atoms with Gasteiger partial charge in [0.25, 0.3) is 5.91 Å². The van der Waals surface area contributed by atoms with Crippen molar-refractivity contribution in [3.63, 3.8) is 0 Å². The monoisotopic (exact) mass is 374 g/mol. The van der Waals surface area contributed by atoms with E-state index >= 15 is 0 Å². The van der Waals surface area contributed by atoms with Gasteiger partial charge in [-0.3, -0.25) is 24.8 Å². The number of hydrogen-bond donors (Lipinski definition) is 1. The Labute approximate surface area is 156 Å². The lowest BCUT2D eigenvalue weighted by molar-refractivity contribution is -0.132. The fourth-order valence-electron chi connectivity index (χ4n) is 2.88. The van der Waals surface area contributed by atoms with Crippen molar-refractivity contribution in [3.05, 3.63) is 34.9 Å². The maximum atomic E-state index is 12.3. The molecule has 0 spiro atoms. The molecule has 0 saturated heterocycles. The van der Waals surface area contributed by atoms with E-state index in [-0.39, 0.29) is 17.5 Å². The highest BCUT2D eigenvalue weighted by Gasteiger charge is 2.24. The van der Waals surface area contributed by atoms with E-state index in [0.717, 1.165) is 36.6 Å². The molecule has 138 valence electrons. The second-order valence-corrected chi connectivity index (χ2v) is 7.04. The molecule has 0 saturated carbocycles. The summed E-state index contributed by atoms with van der Waals surface area (Å²) in [5.41, 5.74) is 1.25. The number of anilines is 1. The fraction of sp³-hybridized carbons (Fsp3) is 0.471. The third-order valence-corrected chi connectivity index (χ3v) is 5.30. The third kappa shape index (κ3) is 4.23. The first-order valence-electron chi connectivity index (χ1n) is 8.66. The molecule has 0 radical (unpaired) electrons. The fourth-order valence-corrected chi connectivity index (χ4v) is 3.93. The van der Waals surface area contributed by atoms with E-state index in [4.69, 9.17) is 0 Å². The number of carbonyl (C=O) groups is 2. The first kappa shape index (κ1) is 18.4. The van der Waals surface area contributed by atoms with Crippen molar-refractivity contribution in [2.24, 2.45) is 0 Å². The van der Waals surface area contributed by atoms with Crippen molar-refractivity contribution in [2.45, 2.75) is 26.8 Å². The number of likely N-dealkylation sites (N-methyl/N-ethyl adjacent to an activating group) is 1. The van der Waals surface area contributed by atoms with Gasteiger partial charge in [0.15, 0.2) is 5.13 Å². The molecule has 3 rings (SSSR count). The van der Waals surface area contributed by atoms with E-state index in [1.165, 1.54) is 29.9 Å². The van der Waals surface area contributed by atoms with Crippen LogP contribution < -0.4 is 5.32 Å². The van der Waals surface area contributed by atoms with Crippen LogP contribution in [0.3, 0.4) is 0 Å². The molecule has 26 heavy (non-hydrogen) atoms. The smallest absolute Gasteiger partial charge is 0.277 e. The predicted octanol–water partition coefficient (Wildman–Crippen LogP) is 1.41. The van der Waals surface area contributed by atoms with Crippen LogP contribution in [0.15, 0.2) is 18.6 Å². The third-order valence-electron chi connectivity index (χ3n) is 4.30. The predicted molar refractivity (Wildman–Crippen MR) is 99.0 cm³/mol. The zero-order valence-electron chi connectivity index (χ0n) is 14.9. The van der Waals surface area contributed by atoms with Crippen molar-refractivity contribution in [1.29, 1.82) is 0 Å². The number of hydrogen-bond acceptors (Lipinski definition) is 7. The summed E-state index contributed by atoms with van der Waals surface area (Å²) in [6.07, 6.45) is 5.20. The Morgan fingerprint density at radius 3 is 2.81 bits per heavy atom. The molecule has 0 unspecified atom stereocenters. The molecule has 1 N–H and O–H groups in total. The maximum Gasteiger partial charge on any atom is 0.277 e. The van der Waals surface area contributed by atoms with Crippen LogP contribution >= 0.6 is 11.3 Å². The van der Waals surface area contributed by atoms with Gasteiger partial charge in [-0.2, -0.15) is 0 Å². The molecule has 2 aromatic rings. The number of aromatic nitrogens is 3. The average Bonchev–Trinajstić information content (AvgIpc) is 3.05. The molecule has 0 atom stereocenters. The number of rotatable bonds is 6. The minimum atomic E-state index is -0.322. The van der Waals surface area contributed by atoms with Crippen LogP contribution in [0.25, 0.3) is 0 Å². The molecule has 3 heterocycles. The van der Waals surface area contributed by atoms with Gasteiger partial charge in [0, 0.05) is 49.9 Å². The summed E-state index contributed by atoms with van der Waals surface area (Å²) in [5.74, 6) is -0.170. The second-order valence-electron chi connectivity index (χ2n) is 5.96. The topological polar surface area (TPSA) is 91.3 Å². The minimum Gasteiger partial charge on any atom is -0.342 e. The van der Waals surface area contributed by atoms with Gasteiger partial charge >= 0.3 is 0 Å². The summed E-state index contributed by atoms with van der Waals surface area (Å²) in [7, 11) is 0. The zero-order chi connectivity index (χ0) is 18.5. The number of amides is 2. The van der Waals surface area contributed by atoms with Gasteiger partial charge in [0.05, 0.1) is 18.4 Å². The lowest BCUT2D eigenvalue weighted by atomic mass is 10.2. The standard InChI is InChI=1S/C17H22N6O2S/c1-3-23(4-2)15(24)11-22-8-5-12-14(10-22)26-17(20-12)21-16(25)13-9-18-6-7-19-13/h6-7,9H,3-5,8,10-11H2,1-2H3,(H,20,21,25). The van der Waals surface area contributed by atoms with Gasteiger partial charge < -0.3 is 4.90 Å². The second kappa shape index (κ2) is 8.33. The van der Waals surface area contributed by atoms with E-state index in [1.54, 1.807) is 0 Å². The Morgan fingerprint density at radius 1 is 1.31 bits per heavy atom. The molecule has 0 aromatic carbocycles. The Bertz CT molecular complexity index is 775. The summed E-state index contributed by atoms with van der Waals surface area (Å²) in [4.78, 5) is 41.9. The number of thiazole rings is 1. The molecule has 2 amide bonds. The number of carbonyl (C=O) groups excluding carboxylic acids is 2. The molecule has 1 aliphatic rings. The summed E-state index contributed by atoms with van der Waals surface area (Å²) >= 11 is 1.45. The van der Waals surface area contributed by atoms with E-state index in [1.807, 2.05) is 18.7 Å². The molecular weight excluding hydrogens is 352 g/mol. The number of fused-ring (bicyclic) bond motifs is 1. The Kier molecular flexibility index (Phi) is 5.89. The van der Waals surface area contributed by atoms with E-state index < -0.39 is 0 Å². The van der Waals surface area contributed by atoms with Gasteiger partial charge in [0.1, 0.15) is 5.69 Å². The SMILES string of the molecule is CCN(CC)C(=O)CN1CCc2nc(NC(=O)c3cnccn3)sc2C1. The first-order valence-corrected chi connectivity index (χ1v) is 9.48. The van der Waals surface area contributed by atoms with E-state index in [0.29, 0.717) is 18.2 Å². The highest BCUT2D eigenvalue weighted by atomic mass is 32.1. The number of nitrogens with zero attached hydrogens (tertiary/aromatic N) is 5. The Morgan fingerprint density at radius 2 is 2.12 bits per heavy atom. The van der Waals surface area contributed by atoms with Gasteiger partial charge in [-0.05, 0) is 13.8 Å². The van der Waals surface area contributed by atoms with Gasteiger partial charge in [-0.25, -0.2) is 9.97 Å².